The largest absolute Gasteiger partial charge is 0.469 e. The summed E-state index contributed by atoms with van der Waals surface area (Å²) in [4.78, 5) is 11.1. The number of ether oxygens (including phenoxy) is 1. The molecule has 92 valence electrons. The molecule has 0 fully saturated rings. The molecular formula is C11H19O4P. The molecule has 0 spiro atoms. The third kappa shape index (κ3) is 6.66. The molecule has 16 heavy (non-hydrogen) atoms. The van der Waals surface area contributed by atoms with Crippen LogP contribution in [0.5, 0.6) is 0 Å². The number of hydrogen-bond acceptors (Lipinski definition) is 4. The van der Waals surface area contributed by atoms with Crippen molar-refractivity contribution in [3.05, 3.63) is 0 Å². The van der Waals surface area contributed by atoms with Gasteiger partial charge >= 0.3 is 5.97 Å². The fourth-order valence-electron chi connectivity index (χ4n) is 0.813. The molecule has 0 N–H and O–H groups in total. The highest BCUT2D eigenvalue weighted by Gasteiger charge is 2.25. The topological polar surface area (TPSA) is 52.6 Å². The van der Waals surface area contributed by atoms with E-state index in [1.165, 1.54) is 7.11 Å². The lowest BCUT2D eigenvalue weighted by atomic mass is 9.99. The lowest BCUT2D eigenvalue weighted by Crippen LogP contribution is -2.09. The molecule has 0 aromatic carbocycles. The predicted molar refractivity (Wildman–Crippen MR) is 63.3 cm³/mol. The highest BCUT2D eigenvalue weighted by molar-refractivity contribution is 7.65. The Labute approximate surface area is 97.2 Å². The van der Waals surface area contributed by atoms with Crippen LogP contribution in [0.25, 0.3) is 0 Å². The van der Waals surface area contributed by atoms with Crippen LogP contribution >= 0.6 is 7.37 Å². The first kappa shape index (κ1) is 15.2. The van der Waals surface area contributed by atoms with E-state index in [1.54, 1.807) is 6.92 Å². The summed E-state index contributed by atoms with van der Waals surface area (Å²) < 4.78 is 21.7. The van der Waals surface area contributed by atoms with Crippen LogP contribution in [0, 0.1) is 17.0 Å². The Morgan fingerprint density at radius 2 is 1.94 bits per heavy atom. The van der Waals surface area contributed by atoms with Crippen LogP contribution in [0.15, 0.2) is 0 Å². The van der Waals surface area contributed by atoms with E-state index < -0.39 is 13.3 Å². The summed E-state index contributed by atoms with van der Waals surface area (Å²) in [6.45, 7) is 7.66. The van der Waals surface area contributed by atoms with Gasteiger partial charge in [-0.15, -0.1) is 0 Å². The molecule has 0 heterocycles. The average molecular weight is 246 g/mol. The Balaban J connectivity index is 4.88. The van der Waals surface area contributed by atoms with Crippen molar-refractivity contribution in [2.24, 2.45) is 5.41 Å². The Kier molecular flexibility index (Phi) is 5.78. The molecule has 0 amide bonds. The molecule has 0 aliphatic heterocycles. The van der Waals surface area contributed by atoms with E-state index in [0.29, 0.717) is 0 Å². The smallest absolute Gasteiger partial charge is 0.316 e. The van der Waals surface area contributed by atoms with Crippen LogP contribution in [-0.4, -0.2) is 25.8 Å². The van der Waals surface area contributed by atoms with Gasteiger partial charge in [0.25, 0.3) is 7.37 Å². The van der Waals surface area contributed by atoms with Gasteiger partial charge in [0, 0.05) is 5.41 Å². The summed E-state index contributed by atoms with van der Waals surface area (Å²) >= 11 is 0. The second-order valence-electron chi connectivity index (χ2n) is 4.31. The van der Waals surface area contributed by atoms with Gasteiger partial charge in [-0.25, -0.2) is 0 Å². The zero-order valence-corrected chi connectivity index (χ0v) is 11.4. The van der Waals surface area contributed by atoms with Gasteiger partial charge in [-0.3, -0.25) is 9.36 Å². The summed E-state index contributed by atoms with van der Waals surface area (Å²) in [5, 5.41) is 0. The van der Waals surface area contributed by atoms with E-state index in [2.05, 4.69) is 16.3 Å². The highest BCUT2D eigenvalue weighted by Crippen LogP contribution is 2.45. The third-order valence-corrected chi connectivity index (χ3v) is 3.31. The van der Waals surface area contributed by atoms with Crippen molar-refractivity contribution in [3.8, 4) is 11.6 Å². The van der Waals surface area contributed by atoms with Gasteiger partial charge in [-0.1, -0.05) is 5.92 Å². The Morgan fingerprint density at radius 1 is 1.38 bits per heavy atom. The predicted octanol–water partition coefficient (Wildman–Crippen LogP) is 2.48. The summed E-state index contributed by atoms with van der Waals surface area (Å²) in [5.41, 5.74) is 2.31. The van der Waals surface area contributed by atoms with Gasteiger partial charge in [0.05, 0.1) is 13.7 Å². The number of hydrogen-bond donors (Lipinski definition) is 0. The maximum atomic E-state index is 12.1. The molecule has 0 aliphatic rings. The van der Waals surface area contributed by atoms with Crippen molar-refractivity contribution in [2.45, 2.75) is 27.7 Å². The first-order valence-corrected chi connectivity index (χ1v) is 6.88. The number of methoxy groups -OCH3 is 1. The van der Waals surface area contributed by atoms with Crippen molar-refractivity contribution < 1.29 is 18.6 Å². The minimum atomic E-state index is -3.22. The second-order valence-corrected chi connectivity index (χ2v) is 6.46. The van der Waals surface area contributed by atoms with Gasteiger partial charge < -0.3 is 9.26 Å². The normalized spacial score (nSPS) is 14.6. The standard InChI is InChI=1S/C11H19O4P/c1-6-15-16(13,9-10(12)14-5)8-7-11(2,3)4/h6,9H2,1-5H3. The second kappa shape index (κ2) is 6.08. The van der Waals surface area contributed by atoms with Gasteiger partial charge in [-0.05, 0) is 33.4 Å². The van der Waals surface area contributed by atoms with E-state index >= 15 is 0 Å². The molecule has 4 nitrogen and oxygen atoms in total. The first-order chi connectivity index (χ1) is 7.22. The van der Waals surface area contributed by atoms with Gasteiger partial charge in [0.2, 0.25) is 0 Å². The van der Waals surface area contributed by atoms with Gasteiger partial charge in [0.1, 0.15) is 6.16 Å². The number of carbonyl (C=O) groups is 1. The van der Waals surface area contributed by atoms with Crippen LogP contribution in [0.1, 0.15) is 27.7 Å². The summed E-state index contributed by atoms with van der Waals surface area (Å²) in [6.07, 6.45) is -0.291. The van der Waals surface area contributed by atoms with E-state index in [-0.39, 0.29) is 18.2 Å². The number of esters is 1. The fraction of sp³-hybridized carbons (Fsp3) is 0.727. The van der Waals surface area contributed by atoms with E-state index in [1.807, 2.05) is 20.8 Å². The average Bonchev–Trinajstić information content (AvgIpc) is 2.14. The SMILES string of the molecule is CCOP(=O)(C#CC(C)(C)C)CC(=O)OC. The van der Waals surface area contributed by atoms with Gasteiger partial charge in [-0.2, -0.15) is 0 Å². The minimum Gasteiger partial charge on any atom is -0.469 e. The molecular weight excluding hydrogens is 227 g/mol. The van der Waals surface area contributed by atoms with Crippen molar-refractivity contribution in [3.63, 3.8) is 0 Å². The van der Waals surface area contributed by atoms with Crippen molar-refractivity contribution in [1.82, 2.24) is 0 Å². The summed E-state index contributed by atoms with van der Waals surface area (Å²) in [7, 11) is -1.98. The van der Waals surface area contributed by atoms with Crippen molar-refractivity contribution in [1.29, 1.82) is 0 Å². The monoisotopic (exact) mass is 246 g/mol. The van der Waals surface area contributed by atoms with Crippen LogP contribution in [0.3, 0.4) is 0 Å². The molecule has 0 bridgehead atoms. The molecule has 0 saturated carbocycles. The summed E-state index contributed by atoms with van der Waals surface area (Å²) in [6, 6.07) is 0. The third-order valence-electron chi connectivity index (χ3n) is 1.50. The Bertz CT molecular complexity index is 343. The first-order valence-electron chi connectivity index (χ1n) is 5.07. The van der Waals surface area contributed by atoms with Crippen molar-refractivity contribution in [2.75, 3.05) is 19.9 Å². The van der Waals surface area contributed by atoms with E-state index in [9.17, 15) is 9.36 Å². The van der Waals surface area contributed by atoms with Crippen LogP contribution < -0.4 is 0 Å². The van der Waals surface area contributed by atoms with E-state index in [4.69, 9.17) is 4.52 Å². The zero-order chi connectivity index (χ0) is 12.8. The molecule has 0 saturated heterocycles. The van der Waals surface area contributed by atoms with Crippen LogP contribution in [-0.2, 0) is 18.6 Å². The lowest BCUT2D eigenvalue weighted by Gasteiger charge is -2.12. The van der Waals surface area contributed by atoms with E-state index in [0.717, 1.165) is 0 Å². The van der Waals surface area contributed by atoms with Crippen molar-refractivity contribution >= 4 is 13.3 Å². The molecule has 5 heteroatoms. The van der Waals surface area contributed by atoms with Gasteiger partial charge in [0.15, 0.2) is 0 Å². The van der Waals surface area contributed by atoms with Crippen LogP contribution in [0.2, 0.25) is 0 Å². The molecule has 1 unspecified atom stereocenters. The highest BCUT2D eigenvalue weighted by atomic mass is 31.2. The maximum Gasteiger partial charge on any atom is 0.316 e. The lowest BCUT2D eigenvalue weighted by molar-refractivity contribution is -0.137. The zero-order valence-electron chi connectivity index (χ0n) is 10.5. The van der Waals surface area contributed by atoms with Crippen LogP contribution in [0.4, 0.5) is 0 Å². The number of carbonyl (C=O) groups excluding carboxylic acids is 1. The molecule has 0 aromatic heterocycles. The molecule has 1 atom stereocenters. The Hall–Kier alpha value is -0.780. The Morgan fingerprint density at radius 3 is 2.31 bits per heavy atom. The minimum absolute atomic E-state index is 0.257. The quantitative estimate of drug-likeness (QED) is 0.434. The fourth-order valence-corrected chi connectivity index (χ4v) is 2.44. The number of rotatable bonds is 4. The molecule has 0 radical (unpaired) electrons. The molecule has 0 aromatic rings. The molecule has 0 aliphatic carbocycles. The summed E-state index contributed by atoms with van der Waals surface area (Å²) in [5.74, 6) is 2.26. The maximum absolute atomic E-state index is 12.1. The molecule has 0 rings (SSSR count).